The molecule has 0 unspecified atom stereocenters. The van der Waals surface area contributed by atoms with E-state index in [-0.39, 0.29) is 0 Å². The molecule has 0 bridgehead atoms. The third kappa shape index (κ3) is 4.74. The molecule has 236 valence electrons. The lowest BCUT2D eigenvalue weighted by Crippen LogP contribution is -2.10. The van der Waals surface area contributed by atoms with Gasteiger partial charge < -0.3 is 15.2 Å². The van der Waals surface area contributed by atoms with Gasteiger partial charge in [-0.2, -0.15) is 0 Å². The molecular formula is C46H37N3. The second-order valence-corrected chi connectivity index (χ2v) is 12.4. The molecule has 1 aliphatic carbocycles. The van der Waals surface area contributed by atoms with Gasteiger partial charge in [-0.1, -0.05) is 110 Å². The molecular weight excluding hydrogens is 595 g/mol. The Labute approximate surface area is 287 Å². The Hall–Kier alpha value is -6.32. The third-order valence-electron chi connectivity index (χ3n) is 9.66. The van der Waals surface area contributed by atoms with Crippen LogP contribution in [-0.2, 0) is 0 Å². The number of para-hydroxylation sites is 2. The fourth-order valence-electron chi connectivity index (χ4n) is 7.49. The predicted octanol–water partition coefficient (Wildman–Crippen LogP) is 12.2. The lowest BCUT2D eigenvalue weighted by molar-refractivity contribution is 1.20. The van der Waals surface area contributed by atoms with E-state index in [1.165, 1.54) is 32.6 Å². The molecule has 0 saturated heterocycles. The quantitative estimate of drug-likeness (QED) is 0.169. The molecule has 0 atom stereocenters. The minimum Gasteiger partial charge on any atom is -0.398 e. The van der Waals surface area contributed by atoms with Gasteiger partial charge >= 0.3 is 0 Å². The van der Waals surface area contributed by atoms with Crippen LogP contribution in [0.5, 0.6) is 0 Å². The number of nitrogens with zero attached hydrogens (tertiary/aromatic N) is 2. The van der Waals surface area contributed by atoms with Crippen LogP contribution in [0.1, 0.15) is 30.5 Å². The van der Waals surface area contributed by atoms with Crippen molar-refractivity contribution in [2.24, 2.45) is 5.73 Å². The first-order chi connectivity index (χ1) is 24.0. The van der Waals surface area contributed by atoms with E-state index < -0.39 is 0 Å². The molecule has 2 N–H and O–H groups in total. The Balaban J connectivity index is 1.31. The molecule has 0 aliphatic heterocycles. The van der Waals surface area contributed by atoms with Gasteiger partial charge in [0.2, 0.25) is 0 Å². The Bertz CT molecular complexity index is 2560. The maximum absolute atomic E-state index is 6.71. The van der Waals surface area contributed by atoms with Gasteiger partial charge in [0.25, 0.3) is 0 Å². The Morgan fingerprint density at radius 1 is 0.694 bits per heavy atom. The van der Waals surface area contributed by atoms with Crippen molar-refractivity contribution < 1.29 is 0 Å². The molecule has 1 heterocycles. The summed E-state index contributed by atoms with van der Waals surface area (Å²) in [5.41, 5.74) is 20.8. The van der Waals surface area contributed by atoms with Gasteiger partial charge in [0.05, 0.1) is 22.4 Å². The van der Waals surface area contributed by atoms with Crippen molar-refractivity contribution in [3.8, 4) is 16.8 Å². The second kappa shape index (κ2) is 12.0. The molecule has 7 aromatic rings. The number of aromatic nitrogens is 1. The van der Waals surface area contributed by atoms with Gasteiger partial charge in [-0.3, -0.25) is 0 Å². The van der Waals surface area contributed by atoms with Gasteiger partial charge in [-0.25, -0.2) is 0 Å². The van der Waals surface area contributed by atoms with Crippen LogP contribution in [0, 0.1) is 0 Å². The lowest BCUT2D eigenvalue weighted by Gasteiger charge is -2.24. The smallest absolute Gasteiger partial charge is 0.0541 e. The molecule has 6 aromatic carbocycles. The van der Waals surface area contributed by atoms with Crippen molar-refractivity contribution >= 4 is 60.8 Å². The van der Waals surface area contributed by atoms with E-state index in [1.54, 1.807) is 0 Å². The highest BCUT2D eigenvalue weighted by Gasteiger charge is 2.24. The maximum Gasteiger partial charge on any atom is 0.0541 e. The average Bonchev–Trinajstić information content (AvgIpc) is 3.61. The Morgan fingerprint density at radius 3 is 2.22 bits per heavy atom. The topological polar surface area (TPSA) is 34.2 Å². The molecule has 0 fully saturated rings. The summed E-state index contributed by atoms with van der Waals surface area (Å²) in [4.78, 5) is 2.12. The van der Waals surface area contributed by atoms with E-state index in [0.29, 0.717) is 0 Å². The van der Waals surface area contributed by atoms with Crippen LogP contribution < -0.4 is 10.6 Å². The molecule has 0 saturated carbocycles. The number of rotatable bonds is 8. The number of nitrogens with two attached hydrogens (primary N) is 1. The van der Waals surface area contributed by atoms with E-state index in [4.69, 9.17) is 5.73 Å². The van der Waals surface area contributed by atoms with Crippen molar-refractivity contribution in [2.45, 2.75) is 13.8 Å². The van der Waals surface area contributed by atoms with Crippen molar-refractivity contribution in [1.29, 1.82) is 0 Å². The predicted molar refractivity (Wildman–Crippen MR) is 212 cm³/mol. The molecule has 1 aliphatic rings. The summed E-state index contributed by atoms with van der Waals surface area (Å²) in [6, 6.07) is 43.4. The molecule has 3 heteroatoms. The molecule has 49 heavy (non-hydrogen) atoms. The molecule has 0 radical (unpaired) electrons. The third-order valence-corrected chi connectivity index (χ3v) is 9.66. The number of benzene rings is 6. The van der Waals surface area contributed by atoms with Crippen molar-refractivity contribution in [3.63, 3.8) is 0 Å². The zero-order chi connectivity index (χ0) is 33.6. The van der Waals surface area contributed by atoms with Gasteiger partial charge in [0.15, 0.2) is 0 Å². The van der Waals surface area contributed by atoms with Crippen LogP contribution in [0.15, 0.2) is 165 Å². The average molecular weight is 632 g/mol. The van der Waals surface area contributed by atoms with Gasteiger partial charge in [0, 0.05) is 55.8 Å². The minimum atomic E-state index is 0.838. The Kier molecular flexibility index (Phi) is 7.38. The summed E-state index contributed by atoms with van der Waals surface area (Å²) in [5.74, 6) is 0. The van der Waals surface area contributed by atoms with Crippen molar-refractivity contribution in [3.05, 3.63) is 182 Å². The van der Waals surface area contributed by atoms with Crippen LogP contribution in [0.2, 0.25) is 0 Å². The summed E-state index contributed by atoms with van der Waals surface area (Å²) >= 11 is 0. The fraction of sp³-hybridized carbons (Fsp3) is 0.0435. The van der Waals surface area contributed by atoms with Crippen molar-refractivity contribution in [2.75, 3.05) is 4.90 Å². The highest BCUT2D eigenvalue weighted by molar-refractivity contribution is 6.18. The van der Waals surface area contributed by atoms with Crippen molar-refractivity contribution in [1.82, 2.24) is 4.57 Å². The zero-order valence-corrected chi connectivity index (χ0v) is 27.8. The molecule has 0 spiro atoms. The normalized spacial score (nSPS) is 12.7. The van der Waals surface area contributed by atoms with Crippen LogP contribution in [0.3, 0.4) is 0 Å². The summed E-state index contributed by atoms with van der Waals surface area (Å²) < 4.78 is 2.41. The SMILES string of the molecule is C=CN(c1ccccc1)c1ccc(-c2ccc3c(c2)c2ccccc2n3-c2ccc3c4c(cccc24)C(/C=C\C)=C3N)cc1C(=C)/C=C\C. The summed E-state index contributed by atoms with van der Waals surface area (Å²) in [5, 5.41) is 4.83. The van der Waals surface area contributed by atoms with E-state index in [1.807, 2.05) is 44.3 Å². The summed E-state index contributed by atoms with van der Waals surface area (Å²) in [7, 11) is 0. The molecule has 1 aromatic heterocycles. The standard InChI is InChI=1S/C46H37N3/c1-5-14-30(4)39-28-31(22-25-41(39)48(7-3)33-16-9-8-10-17-33)32-23-26-44-40(29-32)34-18-11-12-21-42(34)49(44)43-27-24-38-45-35(19-13-20-37(43)45)36(15-6-2)46(38)47/h5-29H,3-4,47H2,1-2H3/b14-5-,15-6-. The first-order valence-corrected chi connectivity index (χ1v) is 16.7. The minimum absolute atomic E-state index is 0.838. The fourth-order valence-corrected chi connectivity index (χ4v) is 7.49. The first kappa shape index (κ1) is 30.0. The second-order valence-electron chi connectivity index (χ2n) is 12.4. The number of anilines is 2. The number of hydrogen-bond acceptors (Lipinski definition) is 2. The van der Waals surface area contributed by atoms with Gasteiger partial charge in [-0.15, -0.1) is 0 Å². The van der Waals surface area contributed by atoms with E-state index in [9.17, 15) is 0 Å². The van der Waals surface area contributed by atoms with E-state index in [2.05, 4.69) is 144 Å². The molecule has 0 amide bonds. The maximum atomic E-state index is 6.71. The molecule has 3 nitrogen and oxygen atoms in total. The summed E-state index contributed by atoms with van der Waals surface area (Å²) in [6.45, 7) is 12.6. The van der Waals surface area contributed by atoms with E-state index >= 15 is 0 Å². The number of allylic oxidation sites excluding steroid dienone is 6. The van der Waals surface area contributed by atoms with Crippen LogP contribution >= 0.6 is 0 Å². The largest absolute Gasteiger partial charge is 0.398 e. The molecule has 8 rings (SSSR count). The van der Waals surface area contributed by atoms with Crippen LogP contribution in [0.25, 0.3) is 66.2 Å². The zero-order valence-electron chi connectivity index (χ0n) is 27.8. The highest BCUT2D eigenvalue weighted by Crippen LogP contribution is 2.44. The summed E-state index contributed by atoms with van der Waals surface area (Å²) in [6.07, 6.45) is 10.1. The first-order valence-electron chi connectivity index (χ1n) is 16.7. The number of fused-ring (bicyclic) bond motifs is 3. The Morgan fingerprint density at radius 2 is 1.43 bits per heavy atom. The highest BCUT2D eigenvalue weighted by atomic mass is 15.1. The monoisotopic (exact) mass is 631 g/mol. The van der Waals surface area contributed by atoms with Gasteiger partial charge in [-0.05, 0) is 84.6 Å². The number of hydrogen-bond donors (Lipinski definition) is 1. The van der Waals surface area contributed by atoms with Gasteiger partial charge in [0.1, 0.15) is 0 Å². The van der Waals surface area contributed by atoms with Crippen LogP contribution in [-0.4, -0.2) is 4.57 Å². The van der Waals surface area contributed by atoms with E-state index in [0.717, 1.165) is 61.7 Å². The lowest BCUT2D eigenvalue weighted by atomic mass is 9.96. The van der Waals surface area contributed by atoms with Crippen LogP contribution in [0.4, 0.5) is 11.4 Å².